The number of amides is 1. The van der Waals surface area contributed by atoms with Crippen molar-refractivity contribution < 1.29 is 9.18 Å². The number of H-pyrrole nitrogens is 1. The average Bonchev–Trinajstić information content (AvgIpc) is 3.48. The van der Waals surface area contributed by atoms with Crippen molar-refractivity contribution in [1.29, 1.82) is 0 Å². The third kappa shape index (κ3) is 4.38. The lowest BCUT2D eigenvalue weighted by Gasteiger charge is -2.46. The summed E-state index contributed by atoms with van der Waals surface area (Å²) < 4.78 is 16.6. The van der Waals surface area contributed by atoms with Gasteiger partial charge in [-0.25, -0.2) is 9.37 Å². The first-order chi connectivity index (χ1) is 18.3. The molecule has 0 radical (unpaired) electrons. The fourth-order valence-corrected chi connectivity index (χ4v) is 6.53. The zero-order valence-corrected chi connectivity index (χ0v) is 22.2. The molecular weight excluding hydrogens is 481 g/mol. The Balaban J connectivity index is 1.29. The van der Waals surface area contributed by atoms with Crippen molar-refractivity contribution in [2.45, 2.75) is 51.5 Å². The number of hydrogen-bond acceptors (Lipinski definition) is 5. The van der Waals surface area contributed by atoms with Crippen molar-refractivity contribution in [1.82, 2.24) is 29.6 Å². The molecule has 4 heterocycles. The molecule has 2 N–H and O–H groups in total. The van der Waals surface area contributed by atoms with Crippen molar-refractivity contribution in [3.8, 4) is 0 Å². The molecule has 9 heteroatoms. The number of anilines is 1. The second-order valence-electron chi connectivity index (χ2n) is 11.4. The first-order valence-electron chi connectivity index (χ1n) is 13.5. The lowest BCUT2D eigenvalue weighted by molar-refractivity contribution is 0.102. The number of nitrogens with one attached hydrogen (secondary N) is 2. The van der Waals surface area contributed by atoms with Gasteiger partial charge in [0.1, 0.15) is 23.4 Å². The molecule has 2 fully saturated rings. The van der Waals surface area contributed by atoms with Crippen LogP contribution in [0.15, 0.2) is 42.9 Å². The van der Waals surface area contributed by atoms with Crippen LogP contribution in [0.3, 0.4) is 0 Å². The van der Waals surface area contributed by atoms with Crippen molar-refractivity contribution in [2.75, 3.05) is 18.4 Å². The van der Waals surface area contributed by atoms with Crippen molar-refractivity contribution in [2.24, 2.45) is 18.9 Å². The van der Waals surface area contributed by atoms with E-state index in [1.807, 2.05) is 29.8 Å². The molecule has 8 nitrogen and oxygen atoms in total. The number of aromatic amines is 1. The molecule has 1 saturated carbocycles. The minimum absolute atomic E-state index is 0.205. The van der Waals surface area contributed by atoms with Gasteiger partial charge in [-0.1, -0.05) is 26.0 Å². The molecule has 1 saturated heterocycles. The van der Waals surface area contributed by atoms with E-state index in [1.165, 1.54) is 12.6 Å². The zero-order chi connectivity index (χ0) is 26.4. The van der Waals surface area contributed by atoms with Crippen molar-refractivity contribution in [3.63, 3.8) is 0 Å². The third-order valence-electron chi connectivity index (χ3n) is 8.24. The Morgan fingerprint density at radius 2 is 2.08 bits per heavy atom. The summed E-state index contributed by atoms with van der Waals surface area (Å²) in [7, 11) is 1.97. The molecule has 1 aromatic carbocycles. The van der Waals surface area contributed by atoms with Crippen LogP contribution in [0.1, 0.15) is 67.0 Å². The van der Waals surface area contributed by atoms with E-state index in [0.717, 1.165) is 49.3 Å². The predicted octanol–water partition coefficient (Wildman–Crippen LogP) is 5.03. The Bertz CT molecular complexity index is 1490. The molecule has 38 heavy (non-hydrogen) atoms. The molecule has 198 valence electrons. The van der Waals surface area contributed by atoms with E-state index in [-0.39, 0.29) is 22.5 Å². The van der Waals surface area contributed by atoms with E-state index >= 15 is 0 Å². The Morgan fingerprint density at radius 1 is 1.24 bits per heavy atom. The second kappa shape index (κ2) is 9.62. The van der Waals surface area contributed by atoms with E-state index in [2.05, 4.69) is 50.3 Å². The van der Waals surface area contributed by atoms with Crippen molar-refractivity contribution in [3.05, 3.63) is 71.3 Å². The summed E-state index contributed by atoms with van der Waals surface area (Å²) in [5.74, 6) is 1.34. The topological polar surface area (TPSA) is 91.7 Å². The fourth-order valence-electron chi connectivity index (χ4n) is 6.53. The van der Waals surface area contributed by atoms with Gasteiger partial charge in [-0.3, -0.25) is 9.69 Å². The Labute approximate surface area is 221 Å². The number of likely N-dealkylation sites (tertiary alicyclic amines) is 1. The summed E-state index contributed by atoms with van der Waals surface area (Å²) in [6, 6.07) is 9.74. The number of hydrogen-bond donors (Lipinski definition) is 2. The molecule has 1 aliphatic carbocycles. The van der Waals surface area contributed by atoms with Crippen LogP contribution in [0.5, 0.6) is 0 Å². The molecular formula is C29H34FN7O. The number of aryl methyl sites for hydroxylation is 1. The van der Waals surface area contributed by atoms with Gasteiger partial charge in [0.05, 0.1) is 10.9 Å². The van der Waals surface area contributed by atoms with Crippen LogP contribution < -0.4 is 5.32 Å². The van der Waals surface area contributed by atoms with Gasteiger partial charge in [-0.15, -0.1) is 10.2 Å². The second-order valence-corrected chi connectivity index (χ2v) is 11.4. The van der Waals surface area contributed by atoms with Crippen LogP contribution in [-0.2, 0) is 19.0 Å². The van der Waals surface area contributed by atoms with Gasteiger partial charge < -0.3 is 14.9 Å². The first kappa shape index (κ1) is 24.7. The summed E-state index contributed by atoms with van der Waals surface area (Å²) in [6.45, 7) is 7.14. The Kier molecular flexibility index (Phi) is 6.26. The van der Waals surface area contributed by atoms with Gasteiger partial charge in [-0.05, 0) is 73.4 Å². The molecule has 6 rings (SSSR count). The summed E-state index contributed by atoms with van der Waals surface area (Å²) in [4.78, 5) is 23.2. The minimum Gasteiger partial charge on any atom is -0.357 e. The Morgan fingerprint density at radius 3 is 2.82 bits per heavy atom. The number of halogens is 1. The van der Waals surface area contributed by atoms with Gasteiger partial charge in [0.2, 0.25) is 0 Å². The minimum atomic E-state index is -0.449. The average molecular weight is 516 g/mol. The number of carbonyl (C=O) groups is 1. The normalized spacial score (nSPS) is 23.9. The van der Waals surface area contributed by atoms with Gasteiger partial charge in [0, 0.05) is 32.0 Å². The highest BCUT2D eigenvalue weighted by atomic mass is 19.1. The lowest BCUT2D eigenvalue weighted by atomic mass is 9.58. The van der Waals surface area contributed by atoms with E-state index in [4.69, 9.17) is 0 Å². The highest BCUT2D eigenvalue weighted by Crippen LogP contribution is 2.51. The van der Waals surface area contributed by atoms with Gasteiger partial charge in [0.15, 0.2) is 5.82 Å². The van der Waals surface area contributed by atoms with Gasteiger partial charge in [-0.2, -0.15) is 0 Å². The lowest BCUT2D eigenvalue weighted by Crippen LogP contribution is -2.43. The molecule has 1 aliphatic heterocycles. The number of carbonyl (C=O) groups excluding carboxylic acids is 1. The van der Waals surface area contributed by atoms with Gasteiger partial charge >= 0.3 is 0 Å². The van der Waals surface area contributed by atoms with Crippen molar-refractivity contribution >= 4 is 22.6 Å². The van der Waals surface area contributed by atoms with Crippen LogP contribution in [0.2, 0.25) is 0 Å². The maximum atomic E-state index is 14.6. The number of nitrogens with zero attached hydrogens (tertiary/aromatic N) is 5. The molecule has 1 amide bonds. The highest BCUT2D eigenvalue weighted by Gasteiger charge is 2.48. The highest BCUT2D eigenvalue weighted by molar-refractivity contribution is 6.04. The molecule has 0 unspecified atom stereocenters. The SMILES string of the molecule is CC1CC(c2cccc(NC(=O)c3cc(CN4CCC[C@H](C)C4)c4[nH]cc(F)c4n3)c2)(c2nncn2C)C1. The van der Waals surface area contributed by atoms with Crippen LogP contribution in [-0.4, -0.2) is 48.6 Å². The first-order valence-corrected chi connectivity index (χ1v) is 13.5. The summed E-state index contributed by atoms with van der Waals surface area (Å²) in [5.41, 5.74) is 3.51. The summed E-state index contributed by atoms with van der Waals surface area (Å²) in [5, 5.41) is 11.6. The van der Waals surface area contributed by atoms with Crippen LogP contribution in [0, 0.1) is 17.7 Å². The predicted molar refractivity (Wildman–Crippen MR) is 144 cm³/mol. The quantitative estimate of drug-likeness (QED) is 0.376. The standard InChI is InChI=1S/C29H34FN7O/c1-18-6-5-9-37(15-18)16-20-10-24(34-26-23(30)14-31-25(20)26)27(38)33-22-8-4-7-21(11-22)29(12-19(2)13-29)28-35-32-17-36(28)3/h4,7-8,10-11,14,17-19,31H,5-6,9,12-13,15-16H2,1-3H3,(H,33,38)/t18-,19?,29?/m0/s1. The molecule has 2 aliphatic rings. The maximum Gasteiger partial charge on any atom is 0.274 e. The van der Waals surface area contributed by atoms with Crippen LogP contribution >= 0.6 is 0 Å². The van der Waals surface area contributed by atoms with Gasteiger partial charge in [0.25, 0.3) is 5.91 Å². The number of rotatable bonds is 6. The number of aromatic nitrogens is 5. The zero-order valence-electron chi connectivity index (χ0n) is 22.2. The molecule has 0 spiro atoms. The monoisotopic (exact) mass is 515 g/mol. The molecule has 3 aromatic heterocycles. The Hall–Kier alpha value is -3.59. The fraction of sp³-hybridized carbons (Fsp3) is 0.448. The number of fused-ring (bicyclic) bond motifs is 1. The van der Waals surface area contributed by atoms with Crippen LogP contribution in [0.4, 0.5) is 10.1 Å². The maximum absolute atomic E-state index is 14.6. The summed E-state index contributed by atoms with van der Waals surface area (Å²) >= 11 is 0. The number of pyridine rings is 1. The smallest absolute Gasteiger partial charge is 0.274 e. The van der Waals surface area contributed by atoms with Crippen LogP contribution in [0.25, 0.3) is 11.0 Å². The largest absolute Gasteiger partial charge is 0.357 e. The molecule has 4 aromatic rings. The molecule has 1 atom stereocenters. The molecule has 0 bridgehead atoms. The number of benzene rings is 1. The van der Waals surface area contributed by atoms with E-state index in [1.54, 1.807) is 12.4 Å². The third-order valence-corrected chi connectivity index (χ3v) is 8.24. The van der Waals surface area contributed by atoms with E-state index in [9.17, 15) is 9.18 Å². The van der Waals surface area contributed by atoms with E-state index < -0.39 is 5.82 Å². The number of piperidine rings is 1. The van der Waals surface area contributed by atoms with E-state index in [0.29, 0.717) is 29.6 Å². The summed E-state index contributed by atoms with van der Waals surface area (Å²) in [6.07, 6.45) is 7.36.